The average Bonchev–Trinajstić information content (AvgIpc) is 2.90. The van der Waals surface area contributed by atoms with Gasteiger partial charge >= 0.3 is 29.6 Å². The summed E-state index contributed by atoms with van der Waals surface area (Å²) in [5, 5.41) is 0. The summed E-state index contributed by atoms with van der Waals surface area (Å²) >= 11 is 0. The summed E-state index contributed by atoms with van der Waals surface area (Å²) in [4.78, 5) is 22.5. The van der Waals surface area contributed by atoms with Crippen LogP contribution in [-0.2, 0) is 23.7 Å². The van der Waals surface area contributed by atoms with Gasteiger partial charge in [-0.05, 0) is 27.7 Å². The number of rotatable bonds is 3. The van der Waals surface area contributed by atoms with Crippen LogP contribution < -0.4 is 39.3 Å². The van der Waals surface area contributed by atoms with Crippen molar-refractivity contribution in [3.05, 3.63) is 0 Å². The molecule has 0 spiro atoms. The van der Waals surface area contributed by atoms with Gasteiger partial charge < -0.3 is 33.5 Å². The Morgan fingerprint density at radius 2 is 1.68 bits per heavy atom. The Labute approximate surface area is 153 Å². The minimum absolute atomic E-state index is 0. The summed E-state index contributed by atoms with van der Waals surface area (Å²) in [6.45, 7) is 7.60. The zero-order valence-corrected chi connectivity index (χ0v) is 16.7. The summed E-state index contributed by atoms with van der Waals surface area (Å²) in [5.41, 5.74) is 0. The van der Waals surface area contributed by atoms with Gasteiger partial charge in [0.25, 0.3) is 0 Å². The second kappa shape index (κ2) is 6.81. The molecule has 3 fully saturated rings. The molecule has 0 amide bonds. The molecule has 9 heteroatoms. The topological polar surface area (TPSA) is 92.3 Å². The molecule has 0 N–H and O–H groups in total. The maximum absolute atomic E-state index is 11.2. The molecule has 0 aromatic carbocycles. The van der Waals surface area contributed by atoms with E-state index in [4.69, 9.17) is 23.7 Å². The molecule has 0 unspecified atom stereocenters. The molecule has 0 aromatic heterocycles. The Kier molecular flexibility index (Phi) is 6.03. The van der Waals surface area contributed by atoms with Gasteiger partial charge in [0.15, 0.2) is 17.9 Å². The molecule has 3 aliphatic heterocycles. The normalized spacial score (nSPS) is 42.4. The Morgan fingerprint density at radius 1 is 1.00 bits per heavy atom. The van der Waals surface area contributed by atoms with Gasteiger partial charge in [0.05, 0.1) is 24.8 Å². The van der Waals surface area contributed by atoms with Crippen LogP contribution in [0.4, 0.5) is 0 Å². The van der Waals surface area contributed by atoms with Gasteiger partial charge in [-0.2, -0.15) is 0 Å². The second-order valence-electron chi connectivity index (χ2n) is 6.68. The number of fused-ring (bicyclic) bond motifs is 1. The molecule has 3 heterocycles. The van der Waals surface area contributed by atoms with Crippen molar-refractivity contribution in [1.29, 1.82) is 0 Å². The first kappa shape index (κ1) is 19.5. The minimum atomic E-state index is -2.89. The fourth-order valence-electron chi connectivity index (χ4n) is 3.26. The van der Waals surface area contributed by atoms with Gasteiger partial charge in [-0.1, -0.05) is 0 Å². The van der Waals surface area contributed by atoms with Crippen molar-refractivity contribution in [2.24, 2.45) is 5.92 Å². The van der Waals surface area contributed by atoms with E-state index in [9.17, 15) is 9.79 Å². The molecule has 7 nitrogen and oxygen atoms in total. The van der Waals surface area contributed by atoms with Crippen molar-refractivity contribution in [1.82, 2.24) is 0 Å². The summed E-state index contributed by atoms with van der Waals surface area (Å²) < 4.78 is 28.8. The van der Waals surface area contributed by atoms with Crippen LogP contribution in [0.5, 0.6) is 0 Å². The van der Waals surface area contributed by atoms with E-state index in [-0.39, 0.29) is 53.8 Å². The van der Waals surface area contributed by atoms with E-state index in [1.165, 1.54) is 0 Å². The predicted molar refractivity (Wildman–Crippen MR) is 70.3 cm³/mol. The summed E-state index contributed by atoms with van der Waals surface area (Å²) in [7, 11) is -2.89. The van der Waals surface area contributed by atoms with Crippen LogP contribution in [0.3, 0.4) is 0 Å². The third-order valence-electron chi connectivity index (χ3n) is 4.02. The maximum Gasteiger partial charge on any atom is 1.00 e. The molecule has 3 saturated heterocycles. The predicted octanol–water partition coefficient (Wildman–Crippen LogP) is -3.60. The van der Waals surface area contributed by atoms with Gasteiger partial charge in [0, 0.05) is 0 Å². The molecule has 5 atom stereocenters. The molecule has 22 heavy (non-hydrogen) atoms. The van der Waals surface area contributed by atoms with Gasteiger partial charge in [0.1, 0.15) is 12.2 Å². The van der Waals surface area contributed by atoms with E-state index in [0.717, 1.165) is 0 Å². The zero-order chi connectivity index (χ0) is 15.4. The molecule has 122 valence electrons. The molecule has 3 rings (SSSR count). The van der Waals surface area contributed by atoms with Crippen molar-refractivity contribution >= 4 is 8.38 Å². The molecule has 0 aliphatic carbocycles. The van der Waals surface area contributed by atoms with Crippen LogP contribution in [0.15, 0.2) is 0 Å². The molecule has 0 aromatic rings. The van der Waals surface area contributed by atoms with Crippen LogP contribution in [0, 0.1) is 5.92 Å². The van der Waals surface area contributed by atoms with Crippen molar-refractivity contribution in [2.75, 3.05) is 12.8 Å². The van der Waals surface area contributed by atoms with Crippen molar-refractivity contribution in [3.63, 3.8) is 0 Å². The van der Waals surface area contributed by atoms with Crippen LogP contribution in [0.2, 0.25) is 0 Å². The second-order valence-corrected chi connectivity index (χ2v) is 7.83. The SMILES string of the molecule is CC1(C)O[C@H]2O[C@H]([C@H]3COC(C)(C)O3)[C@@H](C[PH+]([O-])[O-])[C@H]2O1.[Na+]. The number of hydrogen-bond acceptors (Lipinski definition) is 7. The largest absolute Gasteiger partial charge is 1.00 e. The number of ether oxygens (including phenoxy) is 5. The van der Waals surface area contributed by atoms with Gasteiger partial charge in [-0.3, -0.25) is 0 Å². The Bertz CT molecular complexity index is 406. The standard InChI is InChI=1S/C13H22O7P.Na/c1-12(2)16-5-8(18-12)9-7(6-21(14)15)10-11(17-9)20-13(3,4)19-10;/h7-11,21H,5-6H2,1-4H3;/q-1;+1/t7-,8-,9+,10-,11-;/m1./s1. The zero-order valence-electron chi connectivity index (χ0n) is 13.7. The van der Waals surface area contributed by atoms with Crippen molar-refractivity contribution in [3.8, 4) is 0 Å². The van der Waals surface area contributed by atoms with Gasteiger partial charge in [0.2, 0.25) is 0 Å². The fourth-order valence-corrected chi connectivity index (χ4v) is 4.11. The van der Waals surface area contributed by atoms with Gasteiger partial charge in [-0.25, -0.2) is 0 Å². The summed E-state index contributed by atoms with van der Waals surface area (Å²) in [6.07, 6.45) is -1.63. The molecular formula is C13H22NaO7P. The van der Waals surface area contributed by atoms with E-state index in [1.54, 1.807) is 13.8 Å². The first-order valence-electron chi connectivity index (χ1n) is 7.20. The number of hydrogen-bond donors (Lipinski definition) is 0. The molecular weight excluding hydrogens is 322 g/mol. The monoisotopic (exact) mass is 344 g/mol. The minimum Gasteiger partial charge on any atom is -0.685 e. The Hall–Kier alpha value is 1.15. The average molecular weight is 344 g/mol. The van der Waals surface area contributed by atoms with E-state index in [2.05, 4.69) is 0 Å². The first-order valence-corrected chi connectivity index (χ1v) is 8.72. The first-order chi connectivity index (χ1) is 9.67. The third-order valence-corrected chi connectivity index (χ3v) is 4.83. The van der Waals surface area contributed by atoms with Crippen LogP contribution in [-0.4, -0.2) is 48.9 Å². The van der Waals surface area contributed by atoms with E-state index < -0.39 is 32.3 Å². The van der Waals surface area contributed by atoms with Crippen molar-refractivity contribution < 1.29 is 63.0 Å². The van der Waals surface area contributed by atoms with Crippen molar-refractivity contribution in [2.45, 2.75) is 63.9 Å². The third kappa shape index (κ3) is 4.03. The van der Waals surface area contributed by atoms with Crippen LogP contribution in [0.1, 0.15) is 27.7 Å². The molecule has 0 saturated carbocycles. The van der Waals surface area contributed by atoms with Crippen LogP contribution >= 0.6 is 8.38 Å². The summed E-state index contributed by atoms with van der Waals surface area (Å²) in [5.74, 6) is -1.74. The summed E-state index contributed by atoms with van der Waals surface area (Å²) in [6, 6.07) is 0. The van der Waals surface area contributed by atoms with E-state index in [1.807, 2.05) is 13.8 Å². The van der Waals surface area contributed by atoms with E-state index >= 15 is 0 Å². The fraction of sp³-hybridized carbons (Fsp3) is 1.00. The molecule has 0 bridgehead atoms. The quantitative estimate of drug-likeness (QED) is 0.386. The van der Waals surface area contributed by atoms with Gasteiger partial charge in [-0.15, -0.1) is 8.38 Å². The molecule has 0 radical (unpaired) electrons. The molecule has 3 aliphatic rings. The Morgan fingerprint density at radius 3 is 2.23 bits per heavy atom. The Balaban J connectivity index is 0.00000176. The van der Waals surface area contributed by atoms with E-state index in [0.29, 0.717) is 6.61 Å². The smallest absolute Gasteiger partial charge is 0.685 e. The maximum atomic E-state index is 11.2. The van der Waals surface area contributed by atoms with Crippen LogP contribution in [0.25, 0.3) is 0 Å².